The molecule has 3 atom stereocenters. The molecule has 0 heterocycles. The number of hydrogen-bond acceptors (Lipinski definition) is 2. The van der Waals surface area contributed by atoms with Crippen LogP contribution in [0.4, 0.5) is 0 Å². The molecule has 2 bridgehead atoms. The van der Waals surface area contributed by atoms with E-state index in [1.165, 1.54) is 6.42 Å². The molecule has 2 aliphatic rings. The van der Waals surface area contributed by atoms with Gasteiger partial charge in [-0.25, -0.2) is 0 Å². The number of aliphatic hydroxyl groups excluding tert-OH is 1. The van der Waals surface area contributed by atoms with Crippen LogP contribution >= 0.6 is 0 Å². The molecule has 0 aromatic heterocycles. The first kappa shape index (κ1) is 8.47. The van der Waals surface area contributed by atoms with Crippen molar-refractivity contribution in [2.75, 3.05) is 7.11 Å². The van der Waals surface area contributed by atoms with Crippen LogP contribution < -0.4 is 0 Å². The molecule has 1 saturated carbocycles. The van der Waals surface area contributed by atoms with Gasteiger partial charge in [-0.2, -0.15) is 0 Å². The Bertz CT molecular complexity index is 163. The molecule has 0 aromatic rings. The molecule has 2 heteroatoms. The Hall–Kier alpha value is -0.630. The summed E-state index contributed by atoms with van der Waals surface area (Å²) in [7, 11) is 1.00. The third kappa shape index (κ3) is 1.51. The molecule has 11 heavy (non-hydrogen) atoms. The highest BCUT2D eigenvalue weighted by Crippen LogP contribution is 2.42. The molecular weight excluding hydrogens is 140 g/mol. The topological polar surface area (TPSA) is 37.3 Å². The second-order valence-corrected chi connectivity index (χ2v) is 3.08. The number of carbonyl (C=O) groups excluding carboxylic acids is 1. The molecule has 2 nitrogen and oxygen atoms in total. The molecule has 0 amide bonds. The molecule has 1 fully saturated rings. The maximum atomic E-state index is 10.4. The van der Waals surface area contributed by atoms with E-state index in [0.717, 1.165) is 25.7 Å². The van der Waals surface area contributed by atoms with Crippen LogP contribution in [0.3, 0.4) is 0 Å². The second-order valence-electron chi connectivity index (χ2n) is 3.08. The van der Waals surface area contributed by atoms with Gasteiger partial charge in [-0.1, -0.05) is 12.2 Å². The molecule has 2 aliphatic carbocycles. The van der Waals surface area contributed by atoms with Crippen molar-refractivity contribution < 1.29 is 9.90 Å². The summed E-state index contributed by atoms with van der Waals surface area (Å²) in [6.45, 7) is 0. The monoisotopic (exact) mass is 154 g/mol. The average Bonchev–Trinajstić information content (AvgIpc) is 2.67. The maximum Gasteiger partial charge on any atom is 0.123 e. The fourth-order valence-corrected chi connectivity index (χ4v) is 1.98. The zero-order chi connectivity index (χ0) is 8.27. The summed E-state index contributed by atoms with van der Waals surface area (Å²) in [5.74, 6) is 1.71. The third-order valence-corrected chi connectivity index (χ3v) is 2.51. The predicted molar refractivity (Wildman–Crippen MR) is 43.1 cm³/mol. The van der Waals surface area contributed by atoms with Gasteiger partial charge >= 0.3 is 0 Å². The van der Waals surface area contributed by atoms with E-state index < -0.39 is 0 Å². The molecular formula is C9H14O2. The van der Waals surface area contributed by atoms with E-state index >= 15 is 0 Å². The maximum absolute atomic E-state index is 10.4. The van der Waals surface area contributed by atoms with E-state index in [2.05, 4.69) is 12.2 Å². The highest BCUT2D eigenvalue weighted by atomic mass is 16.2. The SMILES string of the molecule is CO.O=CC1CC2C=CC1C2. The predicted octanol–water partition coefficient (Wildman–Crippen LogP) is 1.01. The minimum Gasteiger partial charge on any atom is -0.400 e. The van der Waals surface area contributed by atoms with Gasteiger partial charge < -0.3 is 9.90 Å². The number of aliphatic hydroxyl groups is 1. The van der Waals surface area contributed by atoms with Gasteiger partial charge in [0.05, 0.1) is 0 Å². The van der Waals surface area contributed by atoms with Crippen LogP contribution in [-0.2, 0) is 4.79 Å². The molecule has 0 radical (unpaired) electrons. The first-order valence-electron chi connectivity index (χ1n) is 3.98. The van der Waals surface area contributed by atoms with Crippen molar-refractivity contribution in [1.82, 2.24) is 0 Å². The molecule has 0 aromatic carbocycles. The number of fused-ring (bicyclic) bond motifs is 2. The Balaban J connectivity index is 0.000000281. The highest BCUT2D eigenvalue weighted by molar-refractivity contribution is 5.56. The van der Waals surface area contributed by atoms with Crippen molar-refractivity contribution in [3.63, 3.8) is 0 Å². The van der Waals surface area contributed by atoms with Gasteiger partial charge in [0, 0.05) is 13.0 Å². The van der Waals surface area contributed by atoms with Gasteiger partial charge in [-0.15, -0.1) is 0 Å². The van der Waals surface area contributed by atoms with Crippen LogP contribution in [-0.4, -0.2) is 18.5 Å². The van der Waals surface area contributed by atoms with Gasteiger partial charge in [-0.3, -0.25) is 0 Å². The Morgan fingerprint density at radius 2 is 2.09 bits per heavy atom. The summed E-state index contributed by atoms with van der Waals surface area (Å²) in [5.41, 5.74) is 0. The van der Waals surface area contributed by atoms with Crippen LogP contribution in [0.1, 0.15) is 12.8 Å². The lowest BCUT2D eigenvalue weighted by Gasteiger charge is -2.08. The molecule has 0 saturated heterocycles. The fourth-order valence-electron chi connectivity index (χ4n) is 1.98. The lowest BCUT2D eigenvalue weighted by atomic mass is 9.95. The summed E-state index contributed by atoms with van der Waals surface area (Å²) in [5, 5.41) is 7.00. The summed E-state index contributed by atoms with van der Waals surface area (Å²) in [6.07, 6.45) is 7.93. The van der Waals surface area contributed by atoms with E-state index in [0.29, 0.717) is 11.8 Å². The summed E-state index contributed by atoms with van der Waals surface area (Å²) >= 11 is 0. The van der Waals surface area contributed by atoms with Crippen LogP contribution in [0.15, 0.2) is 12.2 Å². The third-order valence-electron chi connectivity index (χ3n) is 2.51. The minimum absolute atomic E-state index is 0.361. The number of rotatable bonds is 1. The van der Waals surface area contributed by atoms with Crippen molar-refractivity contribution in [1.29, 1.82) is 0 Å². The summed E-state index contributed by atoms with van der Waals surface area (Å²) in [6, 6.07) is 0. The smallest absolute Gasteiger partial charge is 0.123 e. The van der Waals surface area contributed by atoms with Gasteiger partial charge in [-0.05, 0) is 24.7 Å². The van der Waals surface area contributed by atoms with E-state index in [1.54, 1.807) is 0 Å². The van der Waals surface area contributed by atoms with Crippen molar-refractivity contribution >= 4 is 6.29 Å². The molecule has 0 spiro atoms. The van der Waals surface area contributed by atoms with Crippen molar-refractivity contribution in [2.24, 2.45) is 17.8 Å². The van der Waals surface area contributed by atoms with Crippen LogP contribution in [0.2, 0.25) is 0 Å². The lowest BCUT2D eigenvalue weighted by molar-refractivity contribution is -0.111. The van der Waals surface area contributed by atoms with Crippen molar-refractivity contribution in [3.8, 4) is 0 Å². The van der Waals surface area contributed by atoms with Crippen LogP contribution in [0, 0.1) is 17.8 Å². The largest absolute Gasteiger partial charge is 0.400 e. The zero-order valence-electron chi connectivity index (χ0n) is 6.73. The Labute approximate surface area is 66.9 Å². The van der Waals surface area contributed by atoms with Crippen molar-refractivity contribution in [3.05, 3.63) is 12.2 Å². The van der Waals surface area contributed by atoms with E-state index in [9.17, 15) is 4.79 Å². The molecule has 2 rings (SSSR count). The van der Waals surface area contributed by atoms with Crippen molar-refractivity contribution in [2.45, 2.75) is 12.8 Å². The summed E-state index contributed by atoms with van der Waals surface area (Å²) < 4.78 is 0. The molecule has 1 N–H and O–H groups in total. The van der Waals surface area contributed by atoms with E-state index in [4.69, 9.17) is 5.11 Å². The molecule has 62 valence electrons. The second kappa shape index (κ2) is 3.67. The molecule has 0 aliphatic heterocycles. The number of carbonyl (C=O) groups is 1. The normalized spacial score (nSPS) is 38.2. The Morgan fingerprint density at radius 3 is 2.36 bits per heavy atom. The van der Waals surface area contributed by atoms with Crippen LogP contribution in [0.5, 0.6) is 0 Å². The van der Waals surface area contributed by atoms with Crippen LogP contribution in [0.25, 0.3) is 0 Å². The van der Waals surface area contributed by atoms with E-state index in [1.807, 2.05) is 0 Å². The summed E-state index contributed by atoms with van der Waals surface area (Å²) in [4.78, 5) is 10.4. The lowest BCUT2D eigenvalue weighted by Crippen LogP contribution is -2.07. The van der Waals surface area contributed by atoms with Gasteiger partial charge in [0.2, 0.25) is 0 Å². The van der Waals surface area contributed by atoms with E-state index in [-0.39, 0.29) is 0 Å². The standard InChI is InChI=1S/C8H10O.CH4O/c9-5-8-4-6-1-2-7(8)3-6;1-2/h1-2,5-8H,3-4H2;2H,1H3. The number of aldehydes is 1. The average molecular weight is 154 g/mol. The van der Waals surface area contributed by atoms with Gasteiger partial charge in [0.1, 0.15) is 6.29 Å². The quantitative estimate of drug-likeness (QED) is 0.452. The first-order valence-corrected chi connectivity index (χ1v) is 3.98. The highest BCUT2D eigenvalue weighted by Gasteiger charge is 2.34. The Morgan fingerprint density at radius 1 is 1.36 bits per heavy atom. The van der Waals surface area contributed by atoms with Gasteiger partial charge in [0.15, 0.2) is 0 Å². The number of allylic oxidation sites excluding steroid dienone is 2. The fraction of sp³-hybridized carbons (Fsp3) is 0.667. The van der Waals surface area contributed by atoms with Gasteiger partial charge in [0.25, 0.3) is 0 Å². The zero-order valence-corrected chi connectivity index (χ0v) is 6.73. The minimum atomic E-state index is 0.361. The molecule has 3 unspecified atom stereocenters. The Kier molecular flexibility index (Phi) is 2.83. The number of hydrogen-bond donors (Lipinski definition) is 1. The first-order chi connectivity index (χ1) is 5.40.